The van der Waals surface area contributed by atoms with Crippen molar-refractivity contribution in [3.05, 3.63) is 361 Å². The van der Waals surface area contributed by atoms with E-state index in [4.69, 9.17) is 128 Å². The van der Waals surface area contributed by atoms with E-state index < -0.39 is 45.0 Å². The van der Waals surface area contributed by atoms with Crippen LogP contribution < -0.4 is 103 Å². The van der Waals surface area contributed by atoms with E-state index in [1.807, 2.05) is 109 Å². The van der Waals surface area contributed by atoms with Gasteiger partial charge in [-0.25, -0.2) is 25.0 Å². The molecule has 2 aliphatic carbocycles. The summed E-state index contributed by atoms with van der Waals surface area (Å²) in [5, 5.41) is 27.7. The summed E-state index contributed by atoms with van der Waals surface area (Å²) in [7, 11) is 13.9. The van der Waals surface area contributed by atoms with Gasteiger partial charge in [-0.3, -0.25) is 101 Å². The second kappa shape index (κ2) is 44.4. The molecule has 12 N–H and O–H groups in total. The maximum atomic E-state index is 14.1. The third-order valence-electron chi connectivity index (χ3n) is 26.4. The second-order valence-electron chi connectivity index (χ2n) is 35.1. The predicted octanol–water partition coefficient (Wildman–Crippen LogP) is 12.2. The number of nitrogens with two attached hydrogens (primary N) is 3. The number of pyridine rings is 2. The van der Waals surface area contributed by atoms with E-state index in [0.717, 1.165) is 145 Å². The molecular weight excluding hydrogens is 2040 g/mol. The molecule has 13 heterocycles. The number of nitrogens with one attached hydrogen (secondary N) is 6. The van der Waals surface area contributed by atoms with Crippen molar-refractivity contribution < 1.29 is 14.2 Å². The number of piperidine rings is 2. The summed E-state index contributed by atoms with van der Waals surface area (Å²) < 4.78 is 26.0. The van der Waals surface area contributed by atoms with Crippen LogP contribution in [0.5, 0.6) is 17.2 Å². The normalized spacial score (nSPS) is 14.6. The number of nitrogen functional groups attached to an aromatic ring is 1. The highest BCUT2D eigenvalue weighted by atomic mass is 35.5. The van der Waals surface area contributed by atoms with Crippen LogP contribution in [0.1, 0.15) is 77.0 Å². The fourth-order valence-electron chi connectivity index (χ4n) is 18.1. The van der Waals surface area contributed by atoms with Crippen LogP contribution in [0.15, 0.2) is 240 Å². The van der Waals surface area contributed by atoms with Crippen LogP contribution in [0.3, 0.4) is 0 Å². The Labute approximate surface area is 868 Å². The van der Waals surface area contributed by atoms with Gasteiger partial charge in [-0.15, -0.1) is 5.11 Å². The lowest BCUT2D eigenvalue weighted by Crippen LogP contribution is -2.46. The summed E-state index contributed by atoms with van der Waals surface area (Å²) in [5.41, 5.74) is 23.1. The number of H-pyrrole nitrogens is 5. The molecule has 48 heteroatoms. The van der Waals surface area contributed by atoms with Crippen molar-refractivity contribution >= 4 is 138 Å². The lowest BCUT2D eigenvalue weighted by atomic mass is 9.73. The zero-order valence-electron chi connectivity index (χ0n) is 80.3. The molecule has 41 nitrogen and oxygen atoms in total. The average Bonchev–Trinajstić information content (AvgIpc) is 1.66. The minimum Gasteiger partial charge on any atom is -0.497 e. The highest BCUT2D eigenvalue weighted by molar-refractivity contribution is 6.45. The largest absolute Gasteiger partial charge is 0.497 e. The quantitative estimate of drug-likeness (QED) is 0.0188. The first kappa shape index (κ1) is 105. The fraction of sp³-hybridized carbons (Fsp3) is 0.263. The number of nitrogens with zero attached hydrogens (tertiary/aromatic N) is 19. The molecule has 2 saturated heterocycles. The van der Waals surface area contributed by atoms with E-state index in [-0.39, 0.29) is 61.9 Å². The first-order chi connectivity index (χ1) is 70.4. The third-order valence-corrected chi connectivity index (χ3v) is 29.1. The minimum atomic E-state index is -0.541. The van der Waals surface area contributed by atoms with Crippen LogP contribution >= 0.6 is 81.2 Å². The Bertz CT molecular complexity index is 8470. The molecule has 2 spiro atoms. The van der Waals surface area contributed by atoms with Gasteiger partial charge in [0, 0.05) is 139 Å². The second-order valence-corrected chi connectivity index (χ2v) is 37.9. The van der Waals surface area contributed by atoms with Crippen molar-refractivity contribution in [3.63, 3.8) is 0 Å². The van der Waals surface area contributed by atoms with E-state index in [0.29, 0.717) is 118 Å². The van der Waals surface area contributed by atoms with E-state index in [1.54, 1.807) is 96.4 Å². The molecular formula is C99H97Cl7N28O13. The topological polar surface area (TPSA) is 528 Å². The molecule has 4 aliphatic rings. The molecule has 0 amide bonds. The number of fused-ring (bicyclic) bond motifs is 5. The molecule has 760 valence electrons. The average molecular weight is 2140 g/mol. The molecule has 2 atom stereocenters. The predicted molar refractivity (Wildman–Crippen MR) is 566 cm³/mol. The fourth-order valence-corrected chi connectivity index (χ4v) is 19.4. The Morgan fingerprint density at radius 1 is 0.442 bits per heavy atom. The Hall–Kier alpha value is -15.2. The number of methoxy groups -OCH3 is 3. The zero-order chi connectivity index (χ0) is 105. The molecule has 2 aliphatic heterocycles. The Morgan fingerprint density at radius 2 is 0.857 bits per heavy atom. The summed E-state index contributed by atoms with van der Waals surface area (Å²) in [6, 6.07) is 50.0. The molecule has 0 bridgehead atoms. The van der Waals surface area contributed by atoms with Crippen molar-refractivity contribution in [2.75, 3.05) is 62.7 Å². The highest BCUT2D eigenvalue weighted by Gasteiger charge is 2.49. The van der Waals surface area contributed by atoms with Gasteiger partial charge >= 0.3 is 22.8 Å². The van der Waals surface area contributed by atoms with Crippen LogP contribution in [0.4, 0.5) is 23.5 Å². The molecule has 6 aromatic carbocycles. The summed E-state index contributed by atoms with van der Waals surface area (Å²) in [6.07, 6.45) is 9.03. The minimum absolute atomic E-state index is 0.00101. The van der Waals surface area contributed by atoms with Crippen LogP contribution in [0, 0.1) is 10.8 Å². The standard InChI is InChI=1S/C32H31Cl2N7O2.C24H23Cl2N7O.C20H16Cl2N4O3.C13H14N4O3.C5H5ClN2O2.C5H8N4O2/c1-39-30(42)25-27(22-5-3-7-23(33)26(22)34)41(18-19-8-10-20(43-2)11-9-19)38-29(25)37-31(39)40-15-12-32(13-16-40)17-24-21(28(32)35)6-4-14-36-24;1-32-22(34)17-19(14-4-2-6-15(25)18(14)26)30-31-21(17)29-23(32)33-10-7-24(8-11-33)12-16-13(20(24)27)5-3-9-28-16;1-25-19(27)15-17(13-4-3-5-14(21)16(13)22)26(24-18(15)23-20(25)28)10-11-6-8-12(29-2)9-7-11;1-17-12(18)7-11(15-13(17)19)16-14-8-9-3-5-10(20-2)6-4-9;1-8-4(9)2-3(6)7-5(8)10;1-9-4(10)2-3(8-6)7-5(9)11/h3-11,14,28H,12-13,15-18,35H2,1-2H3;2-6,9,20H,7-8,10-12,27H2,1H3,(H,30,31);3-9H,10H2,1-2H3,(H,23,24,28);3-7H,8H2,1-2H3,(H,15,19);2H,1H3,(H,7,10);2,8H,6H2,1H3,(H,7,11)/t28-;20-;;;;/m11..../s1. The summed E-state index contributed by atoms with van der Waals surface area (Å²) >= 11 is 43.7. The zero-order valence-corrected chi connectivity index (χ0v) is 85.6. The number of hydrogen-bond acceptors (Lipinski definition) is 28. The van der Waals surface area contributed by atoms with Crippen molar-refractivity contribution in [1.29, 1.82) is 0 Å². The molecule has 0 unspecified atom stereocenters. The van der Waals surface area contributed by atoms with Gasteiger partial charge in [0.05, 0.1) is 88.2 Å². The third kappa shape index (κ3) is 21.8. The molecule has 147 heavy (non-hydrogen) atoms. The Balaban J connectivity index is 0.000000134. The lowest BCUT2D eigenvalue weighted by molar-refractivity contribution is 0.186. The van der Waals surface area contributed by atoms with Gasteiger partial charge in [0.1, 0.15) is 44.4 Å². The summed E-state index contributed by atoms with van der Waals surface area (Å²) in [5.74, 6) is 8.77. The number of aromatic amines is 5. The lowest BCUT2D eigenvalue weighted by Gasteiger charge is -2.42. The van der Waals surface area contributed by atoms with E-state index in [2.05, 4.69) is 82.8 Å². The van der Waals surface area contributed by atoms with Crippen LogP contribution in [-0.4, -0.2) is 145 Å². The van der Waals surface area contributed by atoms with E-state index >= 15 is 0 Å². The smallest absolute Gasteiger partial charge is 0.329 e. The molecule has 2 fully saturated rings. The number of halogens is 7. The Kier molecular flexibility index (Phi) is 31.6. The Morgan fingerprint density at radius 3 is 1.32 bits per heavy atom. The molecule has 0 saturated carbocycles. The van der Waals surface area contributed by atoms with Gasteiger partial charge in [-0.1, -0.05) is 166 Å². The van der Waals surface area contributed by atoms with Gasteiger partial charge in [-0.05, 0) is 144 Å². The van der Waals surface area contributed by atoms with Gasteiger partial charge in [-0.2, -0.15) is 30.4 Å². The van der Waals surface area contributed by atoms with Crippen LogP contribution in [-0.2, 0) is 74.8 Å². The highest BCUT2D eigenvalue weighted by Crippen LogP contribution is 2.53. The number of hydrazine groups is 1. The SMILES string of the molecule is COc1ccc(CN=Nc2cc(=O)n(C)c(=O)[nH]2)cc1.COc1ccc(Cn2nc3[nH]c(=O)n(C)c(=O)c3c2-c2cccc(Cl)c2Cl)cc1.COc1ccc(Cn2nc3nc(N4CCC5(CC4)Cc4ncccc4[C@H]5N)n(C)c(=O)c3c2-c2cccc(Cl)c2Cl)cc1.Cn1c(=O)cc(Cl)[nH]c1=O.Cn1c(=O)cc(NN)[nH]c1=O.Cn1c(N2CCC3(CC2)Cc2ncccc2[C@H]3N)nc2n[nH]c(-c3cccc(Cl)c3Cl)c2c1=O. The molecule has 21 rings (SSSR count). The van der Waals surface area contributed by atoms with Gasteiger partial charge in [0.15, 0.2) is 22.8 Å². The summed E-state index contributed by atoms with van der Waals surface area (Å²) in [4.78, 5) is 151. The van der Waals surface area contributed by atoms with Crippen LogP contribution in [0.25, 0.3) is 66.9 Å². The number of benzene rings is 6. The summed E-state index contributed by atoms with van der Waals surface area (Å²) in [6.45, 7) is 4.06. The number of rotatable bonds is 16. The van der Waals surface area contributed by atoms with Crippen molar-refractivity contribution in [2.45, 2.75) is 70.2 Å². The van der Waals surface area contributed by atoms with Crippen LogP contribution in [0.2, 0.25) is 35.3 Å². The number of azo groups is 1. The number of anilines is 3. The molecule has 17 aromatic rings. The van der Waals surface area contributed by atoms with Gasteiger partial charge in [0.25, 0.3) is 33.4 Å². The first-order valence-corrected chi connectivity index (χ1v) is 48.2. The number of hydrogen-bond donors (Lipinski definition) is 9. The maximum Gasteiger partial charge on any atom is 0.329 e. The number of aromatic nitrogens is 20. The van der Waals surface area contributed by atoms with Crippen molar-refractivity contribution in [1.82, 2.24) is 97.0 Å². The van der Waals surface area contributed by atoms with Gasteiger partial charge < -0.3 is 40.9 Å². The number of ether oxygens (including phenoxy) is 3. The van der Waals surface area contributed by atoms with Crippen molar-refractivity contribution in [3.8, 4) is 51.0 Å². The van der Waals surface area contributed by atoms with Crippen molar-refractivity contribution in [2.24, 2.45) is 80.7 Å². The monoisotopic (exact) mass is 2130 g/mol. The van der Waals surface area contributed by atoms with E-state index in [9.17, 15) is 47.9 Å². The molecule has 0 radical (unpaired) electrons. The maximum absolute atomic E-state index is 14.1. The van der Waals surface area contributed by atoms with Gasteiger partial charge in [0.2, 0.25) is 11.9 Å². The van der Waals surface area contributed by atoms with E-state index in [1.165, 1.54) is 40.3 Å². The first-order valence-electron chi connectivity index (χ1n) is 45.6. The molecule has 11 aromatic heterocycles.